The lowest BCUT2D eigenvalue weighted by Crippen LogP contribution is -2.39. The van der Waals surface area contributed by atoms with E-state index in [1.54, 1.807) is 12.4 Å². The van der Waals surface area contributed by atoms with Gasteiger partial charge in [-0.25, -0.2) is 0 Å². The van der Waals surface area contributed by atoms with Crippen molar-refractivity contribution in [3.05, 3.63) is 16.9 Å². The highest BCUT2D eigenvalue weighted by atomic mass is 79.9. The van der Waals surface area contributed by atoms with E-state index in [1.807, 2.05) is 0 Å². The number of nitrogens with one attached hydrogen (secondary N) is 1. The van der Waals surface area contributed by atoms with Gasteiger partial charge in [-0.05, 0) is 15.9 Å². The van der Waals surface area contributed by atoms with Crippen molar-refractivity contribution in [2.75, 3.05) is 50.4 Å². The van der Waals surface area contributed by atoms with Crippen molar-refractivity contribution >= 4 is 27.3 Å². The summed E-state index contributed by atoms with van der Waals surface area (Å²) in [6.07, 6.45) is 3.40. The van der Waals surface area contributed by atoms with Crippen LogP contribution in [0.25, 0.3) is 0 Å². The first-order valence-electron chi connectivity index (χ1n) is 5.70. The number of nitrogens with two attached hydrogens (primary N) is 1. The molecule has 1 aliphatic rings. The molecule has 0 aliphatic carbocycles. The maximum Gasteiger partial charge on any atom is 0.0750 e. The van der Waals surface area contributed by atoms with E-state index in [0.717, 1.165) is 49.6 Å². The summed E-state index contributed by atoms with van der Waals surface area (Å²) < 4.78 is 6.21. The van der Waals surface area contributed by atoms with Crippen LogP contribution in [-0.2, 0) is 4.74 Å². The van der Waals surface area contributed by atoms with E-state index < -0.39 is 0 Å². The van der Waals surface area contributed by atoms with Crippen LogP contribution < -0.4 is 11.1 Å². The molecule has 3 N–H and O–H groups in total. The molecule has 0 aromatic carbocycles. The molecule has 2 rings (SSSR count). The third kappa shape index (κ3) is 3.55. The Kier molecular flexibility index (Phi) is 4.58. The summed E-state index contributed by atoms with van der Waals surface area (Å²) in [7, 11) is 0. The van der Waals surface area contributed by atoms with E-state index in [1.165, 1.54) is 0 Å². The van der Waals surface area contributed by atoms with Gasteiger partial charge >= 0.3 is 0 Å². The molecule has 94 valence electrons. The van der Waals surface area contributed by atoms with Crippen molar-refractivity contribution < 1.29 is 4.74 Å². The summed E-state index contributed by atoms with van der Waals surface area (Å²) in [6.45, 7) is 5.55. The number of rotatable bonds is 4. The van der Waals surface area contributed by atoms with Crippen LogP contribution in [0.4, 0.5) is 11.4 Å². The Morgan fingerprint density at radius 1 is 1.41 bits per heavy atom. The first-order valence-corrected chi connectivity index (χ1v) is 6.49. The first-order chi connectivity index (χ1) is 8.27. The molecule has 0 spiro atoms. The molecule has 1 aromatic rings. The molecule has 1 aromatic heterocycles. The average Bonchev–Trinajstić information content (AvgIpc) is 2.34. The lowest BCUT2D eigenvalue weighted by Gasteiger charge is -2.26. The summed E-state index contributed by atoms with van der Waals surface area (Å²) in [5.74, 6) is 0. The largest absolute Gasteiger partial charge is 0.396 e. The van der Waals surface area contributed by atoms with Crippen molar-refractivity contribution in [3.63, 3.8) is 0 Å². The van der Waals surface area contributed by atoms with E-state index in [4.69, 9.17) is 10.5 Å². The molecule has 0 bridgehead atoms. The van der Waals surface area contributed by atoms with Crippen LogP contribution >= 0.6 is 15.9 Å². The van der Waals surface area contributed by atoms with Gasteiger partial charge in [-0.1, -0.05) is 0 Å². The molecule has 0 radical (unpaired) electrons. The molecule has 0 unspecified atom stereocenters. The fourth-order valence-corrected chi connectivity index (χ4v) is 2.29. The molecular weight excluding hydrogens is 284 g/mol. The van der Waals surface area contributed by atoms with Gasteiger partial charge in [0.2, 0.25) is 0 Å². The number of halogens is 1. The number of nitrogen functional groups attached to an aromatic ring is 1. The highest BCUT2D eigenvalue weighted by Crippen LogP contribution is 2.26. The predicted octanol–water partition coefficient (Wildman–Crippen LogP) is 1.17. The van der Waals surface area contributed by atoms with Gasteiger partial charge in [0.15, 0.2) is 0 Å². The minimum Gasteiger partial charge on any atom is -0.396 e. The molecule has 0 saturated carbocycles. The Labute approximate surface area is 109 Å². The summed E-state index contributed by atoms with van der Waals surface area (Å²) in [5.41, 5.74) is 7.44. The van der Waals surface area contributed by atoms with Crippen LogP contribution in [0, 0.1) is 0 Å². The van der Waals surface area contributed by atoms with Crippen molar-refractivity contribution in [2.24, 2.45) is 0 Å². The fourth-order valence-electron chi connectivity index (χ4n) is 1.80. The van der Waals surface area contributed by atoms with Crippen molar-refractivity contribution in [1.82, 2.24) is 9.88 Å². The van der Waals surface area contributed by atoms with Crippen LogP contribution in [0.15, 0.2) is 16.9 Å². The third-order valence-electron chi connectivity index (χ3n) is 2.76. The molecule has 1 saturated heterocycles. The summed E-state index contributed by atoms with van der Waals surface area (Å²) in [5, 5.41) is 3.33. The fraction of sp³-hybridized carbons (Fsp3) is 0.545. The van der Waals surface area contributed by atoms with E-state index in [-0.39, 0.29) is 0 Å². The van der Waals surface area contributed by atoms with Crippen LogP contribution in [0.1, 0.15) is 0 Å². The Morgan fingerprint density at radius 2 is 2.18 bits per heavy atom. The summed E-state index contributed by atoms with van der Waals surface area (Å²) in [4.78, 5) is 6.38. The number of hydrogen-bond donors (Lipinski definition) is 2. The second-order valence-corrected chi connectivity index (χ2v) is 4.82. The lowest BCUT2D eigenvalue weighted by molar-refractivity contribution is 0.0398. The Hall–Kier alpha value is -0.850. The van der Waals surface area contributed by atoms with Gasteiger partial charge in [0, 0.05) is 32.4 Å². The number of pyridine rings is 1. The van der Waals surface area contributed by atoms with Crippen LogP contribution in [0.2, 0.25) is 0 Å². The second-order valence-electron chi connectivity index (χ2n) is 3.97. The zero-order valence-corrected chi connectivity index (χ0v) is 11.2. The molecule has 17 heavy (non-hydrogen) atoms. The standard InChI is InChI=1S/C11H17BrN4O/c12-9-7-14-8-10(13)11(9)15-1-2-16-3-5-17-6-4-16/h7-8H,1-6,13H2,(H,14,15). The summed E-state index contributed by atoms with van der Waals surface area (Å²) in [6, 6.07) is 0. The number of morpholine rings is 1. The molecule has 6 heteroatoms. The first kappa shape index (κ1) is 12.6. The highest BCUT2D eigenvalue weighted by molar-refractivity contribution is 9.10. The Morgan fingerprint density at radius 3 is 2.88 bits per heavy atom. The van der Waals surface area contributed by atoms with Crippen molar-refractivity contribution in [2.45, 2.75) is 0 Å². The summed E-state index contributed by atoms with van der Waals surface area (Å²) >= 11 is 3.43. The monoisotopic (exact) mass is 300 g/mol. The maximum atomic E-state index is 5.85. The zero-order valence-electron chi connectivity index (χ0n) is 9.66. The van der Waals surface area contributed by atoms with Crippen LogP contribution in [-0.4, -0.2) is 49.3 Å². The molecule has 1 aliphatic heterocycles. The number of anilines is 2. The van der Waals surface area contributed by atoms with Crippen LogP contribution in [0.5, 0.6) is 0 Å². The SMILES string of the molecule is Nc1cncc(Br)c1NCCN1CCOCC1. The van der Waals surface area contributed by atoms with Crippen LogP contribution in [0.3, 0.4) is 0 Å². The van der Waals surface area contributed by atoms with E-state index in [0.29, 0.717) is 5.69 Å². The molecule has 0 amide bonds. The third-order valence-corrected chi connectivity index (χ3v) is 3.36. The maximum absolute atomic E-state index is 5.85. The Balaban J connectivity index is 1.81. The minimum atomic E-state index is 0.668. The van der Waals surface area contributed by atoms with Gasteiger partial charge in [0.1, 0.15) is 0 Å². The highest BCUT2D eigenvalue weighted by Gasteiger charge is 2.10. The molecule has 0 atom stereocenters. The van der Waals surface area contributed by atoms with Gasteiger partial charge in [-0.15, -0.1) is 0 Å². The Bertz CT molecular complexity index is 348. The minimum absolute atomic E-state index is 0.668. The normalized spacial score (nSPS) is 17.0. The quantitative estimate of drug-likeness (QED) is 0.874. The van der Waals surface area contributed by atoms with Crippen molar-refractivity contribution in [1.29, 1.82) is 0 Å². The lowest BCUT2D eigenvalue weighted by atomic mass is 10.3. The van der Waals surface area contributed by atoms with Gasteiger partial charge < -0.3 is 15.8 Å². The van der Waals surface area contributed by atoms with Gasteiger partial charge in [-0.3, -0.25) is 9.88 Å². The molecule has 1 fully saturated rings. The van der Waals surface area contributed by atoms with Gasteiger partial charge in [0.05, 0.1) is 35.3 Å². The number of ether oxygens (including phenoxy) is 1. The van der Waals surface area contributed by atoms with E-state index in [2.05, 4.69) is 31.1 Å². The molecule has 2 heterocycles. The van der Waals surface area contributed by atoms with Gasteiger partial charge in [0.25, 0.3) is 0 Å². The van der Waals surface area contributed by atoms with Crippen molar-refractivity contribution in [3.8, 4) is 0 Å². The zero-order chi connectivity index (χ0) is 12.1. The van der Waals surface area contributed by atoms with Gasteiger partial charge in [-0.2, -0.15) is 0 Å². The predicted molar refractivity (Wildman–Crippen MR) is 72.1 cm³/mol. The molecular formula is C11H17BrN4O. The topological polar surface area (TPSA) is 63.4 Å². The van der Waals surface area contributed by atoms with E-state index >= 15 is 0 Å². The molecule has 5 nitrogen and oxygen atoms in total. The number of aromatic nitrogens is 1. The number of hydrogen-bond acceptors (Lipinski definition) is 5. The van der Waals surface area contributed by atoms with E-state index in [9.17, 15) is 0 Å². The smallest absolute Gasteiger partial charge is 0.0750 e. The number of nitrogens with zero attached hydrogens (tertiary/aromatic N) is 2. The average molecular weight is 301 g/mol. The second kappa shape index (κ2) is 6.18.